The summed E-state index contributed by atoms with van der Waals surface area (Å²) in [5.41, 5.74) is 6.76. The van der Waals surface area contributed by atoms with Crippen molar-refractivity contribution >= 4 is 11.8 Å². The molecule has 0 aromatic heterocycles. The fourth-order valence-electron chi connectivity index (χ4n) is 2.82. The first-order valence-electron chi connectivity index (χ1n) is 8.63. The van der Waals surface area contributed by atoms with Gasteiger partial charge in [0, 0.05) is 13.5 Å². The summed E-state index contributed by atoms with van der Waals surface area (Å²) in [6.07, 6.45) is -0.240. The molecule has 1 atom stereocenters. The minimum atomic E-state index is -0.648. The zero-order chi connectivity index (χ0) is 19.2. The van der Waals surface area contributed by atoms with E-state index in [1.54, 1.807) is 17.0 Å². The highest BCUT2D eigenvalue weighted by atomic mass is 16.5. The highest BCUT2D eigenvalue weighted by Gasteiger charge is 2.24. The molecular weight excluding hydrogens is 348 g/mol. The minimum absolute atomic E-state index is 0.0622. The molecule has 2 N–H and O–H groups in total. The number of rotatable bonds is 8. The van der Waals surface area contributed by atoms with E-state index in [9.17, 15) is 9.59 Å². The number of methoxy groups -OCH3 is 1. The Morgan fingerprint density at radius 2 is 1.96 bits per heavy atom. The van der Waals surface area contributed by atoms with Crippen molar-refractivity contribution in [2.24, 2.45) is 5.73 Å². The van der Waals surface area contributed by atoms with Crippen molar-refractivity contribution in [1.29, 1.82) is 0 Å². The van der Waals surface area contributed by atoms with Gasteiger partial charge in [0.15, 0.2) is 6.73 Å². The van der Waals surface area contributed by atoms with Gasteiger partial charge in [-0.15, -0.1) is 0 Å². The third-order valence-electron chi connectivity index (χ3n) is 4.36. The molecule has 0 saturated carbocycles. The summed E-state index contributed by atoms with van der Waals surface area (Å²) in [5, 5.41) is 0. The van der Waals surface area contributed by atoms with Crippen LogP contribution in [0, 0.1) is 0 Å². The van der Waals surface area contributed by atoms with Crippen LogP contribution in [0.4, 0.5) is 0 Å². The van der Waals surface area contributed by atoms with Crippen molar-refractivity contribution < 1.29 is 23.8 Å². The molecule has 3 rings (SSSR count). The number of para-hydroxylation sites is 1. The zero-order valence-electron chi connectivity index (χ0n) is 15.1. The fourth-order valence-corrected chi connectivity index (χ4v) is 2.82. The SMILES string of the molecule is COC(Cc1ccc(OCCN2COc3ccccc3C2=O)cc1)C(N)=O. The number of ether oxygens (including phenoxy) is 3. The predicted octanol–water partition coefficient (Wildman–Crippen LogP) is 1.60. The molecule has 7 heteroatoms. The molecule has 0 fully saturated rings. The second-order valence-electron chi connectivity index (χ2n) is 6.16. The van der Waals surface area contributed by atoms with Gasteiger partial charge in [0.2, 0.25) is 5.91 Å². The molecule has 2 aromatic rings. The van der Waals surface area contributed by atoms with E-state index in [-0.39, 0.29) is 12.6 Å². The van der Waals surface area contributed by atoms with Gasteiger partial charge in [0.25, 0.3) is 5.91 Å². The molecule has 0 radical (unpaired) electrons. The first-order chi connectivity index (χ1) is 13.1. The maximum atomic E-state index is 12.4. The molecule has 1 unspecified atom stereocenters. The second kappa shape index (κ2) is 8.55. The number of hydrogen-bond donors (Lipinski definition) is 1. The number of hydrogen-bond acceptors (Lipinski definition) is 5. The maximum absolute atomic E-state index is 12.4. The van der Waals surface area contributed by atoms with Crippen LogP contribution < -0.4 is 15.2 Å². The van der Waals surface area contributed by atoms with Gasteiger partial charge < -0.3 is 24.8 Å². The van der Waals surface area contributed by atoms with Gasteiger partial charge in [-0.3, -0.25) is 9.59 Å². The van der Waals surface area contributed by atoms with Crippen LogP contribution in [0.1, 0.15) is 15.9 Å². The number of amides is 2. The van der Waals surface area contributed by atoms with E-state index < -0.39 is 12.0 Å². The first-order valence-corrected chi connectivity index (χ1v) is 8.63. The number of fused-ring (bicyclic) bond motifs is 1. The van der Waals surface area contributed by atoms with Crippen LogP contribution in [0.3, 0.4) is 0 Å². The fraction of sp³-hybridized carbons (Fsp3) is 0.300. The lowest BCUT2D eigenvalue weighted by atomic mass is 10.1. The van der Waals surface area contributed by atoms with E-state index >= 15 is 0 Å². The Labute approximate surface area is 157 Å². The second-order valence-corrected chi connectivity index (χ2v) is 6.16. The molecular formula is C20H22N2O5. The van der Waals surface area contributed by atoms with Crippen molar-refractivity contribution in [1.82, 2.24) is 4.90 Å². The Hall–Kier alpha value is -3.06. The summed E-state index contributed by atoms with van der Waals surface area (Å²) in [6.45, 7) is 0.977. The Bertz CT molecular complexity index is 806. The number of primary amides is 1. The number of benzene rings is 2. The van der Waals surface area contributed by atoms with Crippen LogP contribution in [0.15, 0.2) is 48.5 Å². The van der Waals surface area contributed by atoms with Crippen LogP contribution in [-0.4, -0.2) is 49.8 Å². The summed E-state index contributed by atoms with van der Waals surface area (Å²) in [6, 6.07) is 14.5. The molecule has 27 heavy (non-hydrogen) atoms. The van der Waals surface area contributed by atoms with E-state index in [2.05, 4.69) is 0 Å². The molecule has 0 aliphatic carbocycles. The van der Waals surface area contributed by atoms with Crippen LogP contribution in [0.2, 0.25) is 0 Å². The van der Waals surface area contributed by atoms with Gasteiger partial charge in [-0.05, 0) is 29.8 Å². The van der Waals surface area contributed by atoms with Crippen LogP contribution in [0.5, 0.6) is 11.5 Å². The molecule has 2 aromatic carbocycles. The lowest BCUT2D eigenvalue weighted by Gasteiger charge is -2.28. The summed E-state index contributed by atoms with van der Waals surface area (Å²) in [4.78, 5) is 25.3. The summed E-state index contributed by atoms with van der Waals surface area (Å²) in [7, 11) is 1.46. The summed E-state index contributed by atoms with van der Waals surface area (Å²) < 4.78 is 16.4. The number of nitrogens with two attached hydrogens (primary N) is 1. The van der Waals surface area contributed by atoms with E-state index in [1.165, 1.54) is 7.11 Å². The van der Waals surface area contributed by atoms with Crippen LogP contribution in [0.25, 0.3) is 0 Å². The Kier molecular flexibility index (Phi) is 5.93. The molecule has 7 nitrogen and oxygen atoms in total. The van der Waals surface area contributed by atoms with Crippen LogP contribution >= 0.6 is 0 Å². The Balaban J connectivity index is 1.50. The minimum Gasteiger partial charge on any atom is -0.492 e. The normalized spacial score (nSPS) is 14.3. The molecule has 0 bridgehead atoms. The van der Waals surface area contributed by atoms with Gasteiger partial charge in [0.1, 0.15) is 24.2 Å². The van der Waals surface area contributed by atoms with Crippen molar-refractivity contribution in [3.05, 3.63) is 59.7 Å². The smallest absolute Gasteiger partial charge is 0.260 e. The summed E-state index contributed by atoms with van der Waals surface area (Å²) in [5.74, 6) is 0.735. The van der Waals surface area contributed by atoms with Crippen molar-refractivity contribution in [2.45, 2.75) is 12.5 Å². The van der Waals surface area contributed by atoms with Gasteiger partial charge in [-0.2, -0.15) is 0 Å². The number of carbonyl (C=O) groups excluding carboxylic acids is 2. The summed E-state index contributed by atoms with van der Waals surface area (Å²) >= 11 is 0. The highest BCUT2D eigenvalue weighted by molar-refractivity contribution is 5.97. The highest BCUT2D eigenvalue weighted by Crippen LogP contribution is 2.24. The monoisotopic (exact) mass is 370 g/mol. The molecule has 142 valence electrons. The van der Waals surface area contributed by atoms with Crippen LogP contribution in [-0.2, 0) is 16.0 Å². The van der Waals surface area contributed by atoms with Crippen molar-refractivity contribution in [2.75, 3.05) is 27.0 Å². The van der Waals surface area contributed by atoms with Gasteiger partial charge in [-0.25, -0.2) is 0 Å². The average molecular weight is 370 g/mol. The molecule has 0 saturated heterocycles. The average Bonchev–Trinajstić information content (AvgIpc) is 2.69. The Morgan fingerprint density at radius 1 is 1.22 bits per heavy atom. The molecule has 2 amide bonds. The topological polar surface area (TPSA) is 91.1 Å². The van der Waals surface area contributed by atoms with E-state index in [0.717, 1.165) is 5.56 Å². The molecule has 0 spiro atoms. The first kappa shape index (κ1) is 18.7. The number of nitrogens with zero attached hydrogens (tertiary/aromatic N) is 1. The molecule has 1 aliphatic rings. The van der Waals surface area contributed by atoms with Gasteiger partial charge >= 0.3 is 0 Å². The third-order valence-corrected chi connectivity index (χ3v) is 4.36. The largest absolute Gasteiger partial charge is 0.492 e. The van der Waals surface area contributed by atoms with Gasteiger partial charge in [0.05, 0.1) is 12.1 Å². The van der Waals surface area contributed by atoms with Crippen molar-refractivity contribution in [3.8, 4) is 11.5 Å². The quantitative estimate of drug-likeness (QED) is 0.762. The lowest BCUT2D eigenvalue weighted by Crippen LogP contribution is -2.40. The number of carbonyl (C=O) groups is 2. The van der Waals surface area contributed by atoms with Crippen molar-refractivity contribution in [3.63, 3.8) is 0 Å². The van der Waals surface area contributed by atoms with E-state index in [4.69, 9.17) is 19.9 Å². The zero-order valence-corrected chi connectivity index (χ0v) is 15.1. The van der Waals surface area contributed by atoms with E-state index in [1.807, 2.05) is 36.4 Å². The third kappa shape index (κ3) is 4.57. The predicted molar refractivity (Wildman–Crippen MR) is 98.6 cm³/mol. The standard InChI is InChI=1S/C20H22N2O5/c1-25-18(19(21)23)12-14-6-8-15(9-7-14)26-11-10-22-13-27-17-5-3-2-4-16(17)20(22)24/h2-9,18H,10-13H2,1H3,(H2,21,23). The molecule has 1 heterocycles. The lowest BCUT2D eigenvalue weighted by molar-refractivity contribution is -0.127. The molecule has 1 aliphatic heterocycles. The maximum Gasteiger partial charge on any atom is 0.260 e. The Morgan fingerprint density at radius 3 is 2.67 bits per heavy atom. The van der Waals surface area contributed by atoms with Gasteiger partial charge in [-0.1, -0.05) is 24.3 Å². The van der Waals surface area contributed by atoms with E-state index in [0.29, 0.717) is 36.6 Å².